The van der Waals surface area contributed by atoms with E-state index in [0.29, 0.717) is 15.7 Å². The van der Waals surface area contributed by atoms with Crippen LogP contribution in [-0.4, -0.2) is 8.42 Å². The quantitative estimate of drug-likeness (QED) is 0.770. The molecule has 0 fully saturated rings. The maximum atomic E-state index is 12.9. The molecule has 0 amide bonds. The third kappa shape index (κ3) is 2.06. The average molecular weight is 286 g/mol. The van der Waals surface area contributed by atoms with Crippen LogP contribution in [0.3, 0.4) is 0 Å². The van der Waals surface area contributed by atoms with Gasteiger partial charge in [-0.1, -0.05) is 36.4 Å². The molecular weight excluding hydrogens is 268 g/mol. The molecule has 2 atom stereocenters. The van der Waals surface area contributed by atoms with E-state index >= 15 is 0 Å². The van der Waals surface area contributed by atoms with E-state index in [2.05, 4.69) is 18.7 Å². The molecule has 0 aromatic heterocycles. The first-order valence-corrected chi connectivity index (χ1v) is 8.45. The monoisotopic (exact) mass is 286 g/mol. The van der Waals surface area contributed by atoms with Gasteiger partial charge in [0.15, 0.2) is 0 Å². The Morgan fingerprint density at radius 1 is 1.15 bits per heavy atom. The lowest BCUT2D eigenvalue weighted by Gasteiger charge is -2.16. The van der Waals surface area contributed by atoms with Crippen molar-refractivity contribution >= 4 is 9.84 Å². The Kier molecular flexibility index (Phi) is 3.38. The van der Waals surface area contributed by atoms with Gasteiger partial charge in [-0.25, -0.2) is 8.42 Å². The van der Waals surface area contributed by atoms with Crippen LogP contribution < -0.4 is 0 Å². The van der Waals surface area contributed by atoms with Crippen LogP contribution in [0.5, 0.6) is 0 Å². The van der Waals surface area contributed by atoms with Crippen molar-refractivity contribution in [2.75, 3.05) is 0 Å². The van der Waals surface area contributed by atoms with Crippen molar-refractivity contribution < 1.29 is 8.42 Å². The second-order valence-corrected chi connectivity index (χ2v) is 7.29. The lowest BCUT2D eigenvalue weighted by Crippen LogP contribution is -2.12. The van der Waals surface area contributed by atoms with Crippen LogP contribution in [0, 0.1) is 11.8 Å². The summed E-state index contributed by atoms with van der Waals surface area (Å²) < 4.78 is 25.8. The van der Waals surface area contributed by atoms with Crippen molar-refractivity contribution in [1.82, 2.24) is 0 Å². The van der Waals surface area contributed by atoms with Crippen molar-refractivity contribution in [2.45, 2.75) is 24.2 Å². The molecule has 2 aliphatic rings. The highest BCUT2D eigenvalue weighted by Gasteiger charge is 2.41. The summed E-state index contributed by atoms with van der Waals surface area (Å²) in [4.78, 5) is 1.06. The van der Waals surface area contributed by atoms with Crippen LogP contribution in [0.15, 0.2) is 70.5 Å². The molecule has 0 radical (unpaired) electrons. The van der Waals surface area contributed by atoms with E-state index in [4.69, 9.17) is 0 Å². The number of fused-ring (bicyclic) bond motifs is 2. The first kappa shape index (κ1) is 13.4. The molecule has 3 heteroatoms. The van der Waals surface area contributed by atoms with Crippen LogP contribution >= 0.6 is 0 Å². The summed E-state index contributed by atoms with van der Waals surface area (Å²) in [7, 11) is -3.36. The molecule has 0 saturated carbocycles. The number of hydrogen-bond acceptors (Lipinski definition) is 2. The van der Waals surface area contributed by atoms with Crippen LogP contribution in [0.25, 0.3) is 0 Å². The zero-order valence-corrected chi connectivity index (χ0v) is 12.1. The van der Waals surface area contributed by atoms with Gasteiger partial charge in [-0.15, -0.1) is 6.58 Å². The maximum absolute atomic E-state index is 12.9. The number of benzene rings is 1. The minimum atomic E-state index is -3.36. The third-order valence-corrected chi connectivity index (χ3v) is 6.18. The van der Waals surface area contributed by atoms with E-state index in [-0.39, 0.29) is 5.92 Å². The number of allylic oxidation sites excluding steroid dienone is 5. The molecule has 2 nitrogen and oxygen atoms in total. The zero-order valence-electron chi connectivity index (χ0n) is 11.3. The van der Waals surface area contributed by atoms with E-state index in [1.165, 1.54) is 0 Å². The van der Waals surface area contributed by atoms with Gasteiger partial charge >= 0.3 is 0 Å². The van der Waals surface area contributed by atoms with Crippen LogP contribution in [0.1, 0.15) is 19.3 Å². The Hall–Kier alpha value is -1.61. The first-order chi connectivity index (χ1) is 9.64. The summed E-state index contributed by atoms with van der Waals surface area (Å²) in [5, 5.41) is 0. The average Bonchev–Trinajstić information content (AvgIpc) is 3.06. The minimum absolute atomic E-state index is 0.0741. The topological polar surface area (TPSA) is 34.1 Å². The summed E-state index contributed by atoms with van der Waals surface area (Å²) >= 11 is 0. The molecule has 20 heavy (non-hydrogen) atoms. The highest BCUT2D eigenvalue weighted by atomic mass is 32.2. The van der Waals surface area contributed by atoms with Crippen molar-refractivity contribution in [3.8, 4) is 0 Å². The van der Waals surface area contributed by atoms with Gasteiger partial charge in [0.2, 0.25) is 9.84 Å². The lowest BCUT2D eigenvalue weighted by molar-refractivity contribution is 0.596. The molecule has 0 saturated heterocycles. The second-order valence-electron chi connectivity index (χ2n) is 5.37. The molecule has 2 bridgehead atoms. The summed E-state index contributed by atoms with van der Waals surface area (Å²) in [5.74, 6) is 0.387. The van der Waals surface area contributed by atoms with Crippen molar-refractivity contribution in [1.29, 1.82) is 0 Å². The highest BCUT2D eigenvalue weighted by molar-refractivity contribution is 7.95. The van der Waals surface area contributed by atoms with Crippen LogP contribution in [0.4, 0.5) is 0 Å². The molecule has 2 aliphatic carbocycles. The smallest absolute Gasteiger partial charge is 0.203 e. The third-order valence-electron chi connectivity index (χ3n) is 4.15. The molecular formula is C17H18O2S. The molecule has 1 aromatic carbocycles. The van der Waals surface area contributed by atoms with Crippen molar-refractivity contribution in [2.24, 2.45) is 11.8 Å². The van der Waals surface area contributed by atoms with Gasteiger partial charge in [0, 0.05) is 5.92 Å². The van der Waals surface area contributed by atoms with Gasteiger partial charge in [0.05, 0.1) is 9.80 Å². The van der Waals surface area contributed by atoms with Gasteiger partial charge in [-0.05, 0) is 42.9 Å². The molecule has 0 aliphatic heterocycles. The molecule has 3 rings (SSSR count). The molecule has 0 heterocycles. The SMILES string of the molecule is C=CCCC1=C(S(=O)(=O)c2ccccc2)C2C=CC1C2. The standard InChI is InChI=1S/C17H18O2S/c1-2-3-9-16-13-10-11-14(12-13)17(16)20(18,19)15-7-5-4-6-8-15/h2,4-8,10-11,13-14H,1,3,9,12H2. The molecule has 2 unspecified atom stereocenters. The van der Waals surface area contributed by atoms with Crippen LogP contribution in [0.2, 0.25) is 0 Å². The predicted molar refractivity (Wildman–Crippen MR) is 80.8 cm³/mol. The fraction of sp³-hybridized carbons (Fsp3) is 0.294. The van der Waals surface area contributed by atoms with Gasteiger partial charge in [0.1, 0.15) is 0 Å². The predicted octanol–water partition coefficient (Wildman–Crippen LogP) is 3.89. The van der Waals surface area contributed by atoms with Gasteiger partial charge in [-0.3, -0.25) is 0 Å². The Morgan fingerprint density at radius 3 is 2.55 bits per heavy atom. The van der Waals surface area contributed by atoms with E-state index < -0.39 is 9.84 Å². The Bertz CT molecular complexity index is 681. The first-order valence-electron chi connectivity index (χ1n) is 6.97. The normalized spacial score (nSPS) is 24.4. The Morgan fingerprint density at radius 2 is 1.85 bits per heavy atom. The lowest BCUT2D eigenvalue weighted by atomic mass is 9.98. The number of sulfone groups is 1. The van der Waals surface area contributed by atoms with E-state index in [9.17, 15) is 8.42 Å². The van der Waals surface area contributed by atoms with E-state index in [1.54, 1.807) is 24.3 Å². The summed E-state index contributed by atoms with van der Waals surface area (Å²) in [6.07, 6.45) is 8.63. The largest absolute Gasteiger partial charge is 0.219 e. The van der Waals surface area contributed by atoms with Gasteiger partial charge in [0.25, 0.3) is 0 Å². The zero-order chi connectivity index (χ0) is 14.2. The van der Waals surface area contributed by atoms with Crippen molar-refractivity contribution in [3.63, 3.8) is 0 Å². The van der Waals surface area contributed by atoms with E-state index in [1.807, 2.05) is 12.1 Å². The fourth-order valence-corrected chi connectivity index (χ4v) is 5.18. The van der Waals surface area contributed by atoms with Crippen LogP contribution in [-0.2, 0) is 9.84 Å². The van der Waals surface area contributed by atoms with E-state index in [0.717, 1.165) is 24.8 Å². The number of hydrogen-bond donors (Lipinski definition) is 0. The summed E-state index contributed by atoms with van der Waals surface area (Å²) in [6, 6.07) is 8.76. The molecule has 0 spiro atoms. The van der Waals surface area contributed by atoms with Gasteiger partial charge < -0.3 is 0 Å². The number of rotatable bonds is 5. The summed E-state index contributed by atoms with van der Waals surface area (Å²) in [6.45, 7) is 3.74. The fourth-order valence-electron chi connectivity index (χ4n) is 3.24. The van der Waals surface area contributed by atoms with Crippen molar-refractivity contribution in [3.05, 3.63) is 65.6 Å². The molecule has 104 valence electrons. The molecule has 0 N–H and O–H groups in total. The molecule has 1 aromatic rings. The Balaban J connectivity index is 2.06. The maximum Gasteiger partial charge on any atom is 0.203 e. The highest BCUT2D eigenvalue weighted by Crippen LogP contribution is 2.49. The van der Waals surface area contributed by atoms with Gasteiger partial charge in [-0.2, -0.15) is 0 Å². The summed E-state index contributed by atoms with van der Waals surface area (Å²) in [5.41, 5.74) is 1.10. The Labute approximate surface area is 120 Å². The second kappa shape index (κ2) is 5.06. The minimum Gasteiger partial charge on any atom is -0.219 e.